The highest BCUT2D eigenvalue weighted by atomic mass is 15.2. The molecule has 1 saturated heterocycles. The van der Waals surface area contributed by atoms with Gasteiger partial charge in [0.15, 0.2) is 0 Å². The first-order chi connectivity index (χ1) is 10.2. The van der Waals surface area contributed by atoms with Gasteiger partial charge in [0.25, 0.3) is 0 Å². The quantitative estimate of drug-likeness (QED) is 0.731. The number of benzene rings is 1. The molecule has 1 fully saturated rings. The first-order valence-corrected chi connectivity index (χ1v) is 8.71. The fourth-order valence-electron chi connectivity index (χ4n) is 3.23. The maximum Gasteiger partial charge on any atom is 0.0236 e. The Kier molecular flexibility index (Phi) is 6.72. The predicted octanol–water partition coefficient (Wildman–Crippen LogP) is 3.85. The molecule has 2 rings (SSSR count). The highest BCUT2D eigenvalue weighted by molar-refractivity contribution is 5.23. The molecule has 0 amide bonds. The second-order valence-corrected chi connectivity index (χ2v) is 6.84. The zero-order valence-corrected chi connectivity index (χ0v) is 14.1. The van der Waals surface area contributed by atoms with E-state index in [9.17, 15) is 0 Å². The van der Waals surface area contributed by atoms with Gasteiger partial charge in [0.1, 0.15) is 0 Å². The normalized spacial score (nSPS) is 19.5. The number of nitrogens with one attached hydrogen (secondary N) is 1. The largest absolute Gasteiger partial charge is 0.316 e. The van der Waals surface area contributed by atoms with E-state index in [1.54, 1.807) is 0 Å². The molecular weight excluding hydrogens is 256 g/mol. The minimum absolute atomic E-state index is 0.736. The topological polar surface area (TPSA) is 15.3 Å². The van der Waals surface area contributed by atoms with Gasteiger partial charge in [-0.05, 0) is 62.4 Å². The molecule has 21 heavy (non-hydrogen) atoms. The molecule has 0 aliphatic carbocycles. The van der Waals surface area contributed by atoms with E-state index in [1.165, 1.54) is 36.9 Å². The number of hydrogen-bond acceptors (Lipinski definition) is 2. The average Bonchev–Trinajstić information content (AvgIpc) is 2.92. The van der Waals surface area contributed by atoms with E-state index in [4.69, 9.17) is 0 Å². The van der Waals surface area contributed by atoms with Gasteiger partial charge in [-0.1, -0.05) is 45.0 Å². The lowest BCUT2D eigenvalue weighted by molar-refractivity contribution is 0.240. The van der Waals surface area contributed by atoms with Gasteiger partial charge in [-0.2, -0.15) is 0 Å². The molecule has 1 heterocycles. The van der Waals surface area contributed by atoms with Crippen LogP contribution in [0.1, 0.15) is 51.2 Å². The lowest BCUT2D eigenvalue weighted by Gasteiger charge is -2.23. The molecule has 1 N–H and O–H groups in total. The van der Waals surface area contributed by atoms with Crippen LogP contribution in [0.2, 0.25) is 0 Å². The van der Waals surface area contributed by atoms with Gasteiger partial charge in [0.2, 0.25) is 0 Å². The van der Waals surface area contributed by atoms with E-state index < -0.39 is 0 Å². The summed E-state index contributed by atoms with van der Waals surface area (Å²) in [5.74, 6) is 0.736. The maximum absolute atomic E-state index is 3.51. The third-order valence-electron chi connectivity index (χ3n) is 4.52. The van der Waals surface area contributed by atoms with Crippen LogP contribution in [0.25, 0.3) is 0 Å². The molecule has 1 aromatic rings. The lowest BCUT2D eigenvalue weighted by Crippen LogP contribution is -2.28. The predicted molar refractivity (Wildman–Crippen MR) is 91.6 cm³/mol. The van der Waals surface area contributed by atoms with Crippen LogP contribution in [0.4, 0.5) is 0 Å². The second kappa shape index (κ2) is 8.55. The van der Waals surface area contributed by atoms with Crippen molar-refractivity contribution in [1.29, 1.82) is 0 Å². The summed E-state index contributed by atoms with van der Waals surface area (Å²) >= 11 is 0. The summed E-state index contributed by atoms with van der Waals surface area (Å²) in [5.41, 5.74) is 2.91. The Balaban J connectivity index is 1.76. The summed E-state index contributed by atoms with van der Waals surface area (Å²) in [6, 6.07) is 10.1. The van der Waals surface area contributed by atoms with Crippen molar-refractivity contribution >= 4 is 0 Å². The van der Waals surface area contributed by atoms with Crippen molar-refractivity contribution in [2.45, 2.75) is 59.0 Å². The van der Waals surface area contributed by atoms with E-state index in [2.05, 4.69) is 55.3 Å². The van der Waals surface area contributed by atoms with Crippen LogP contribution < -0.4 is 5.32 Å². The van der Waals surface area contributed by atoms with Crippen molar-refractivity contribution in [3.8, 4) is 0 Å². The van der Waals surface area contributed by atoms with Crippen LogP contribution in [0.15, 0.2) is 24.3 Å². The molecule has 0 bridgehead atoms. The maximum atomic E-state index is 3.51. The molecule has 2 heteroatoms. The minimum atomic E-state index is 0.736. The first-order valence-electron chi connectivity index (χ1n) is 8.71. The van der Waals surface area contributed by atoms with E-state index in [0.29, 0.717) is 0 Å². The van der Waals surface area contributed by atoms with Crippen LogP contribution in [-0.2, 0) is 13.0 Å². The van der Waals surface area contributed by atoms with Crippen LogP contribution in [0.5, 0.6) is 0 Å². The van der Waals surface area contributed by atoms with Gasteiger partial charge in [0.05, 0.1) is 0 Å². The van der Waals surface area contributed by atoms with Gasteiger partial charge < -0.3 is 5.32 Å². The van der Waals surface area contributed by atoms with Crippen LogP contribution in [0, 0.1) is 5.92 Å². The van der Waals surface area contributed by atoms with Gasteiger partial charge in [-0.25, -0.2) is 0 Å². The summed E-state index contributed by atoms with van der Waals surface area (Å²) < 4.78 is 0. The molecule has 118 valence electrons. The summed E-state index contributed by atoms with van der Waals surface area (Å²) in [4.78, 5) is 2.65. The number of hydrogen-bond donors (Lipinski definition) is 1. The third kappa shape index (κ3) is 5.44. The van der Waals surface area contributed by atoms with Gasteiger partial charge in [-0.15, -0.1) is 0 Å². The first kappa shape index (κ1) is 16.5. The van der Waals surface area contributed by atoms with E-state index in [0.717, 1.165) is 38.0 Å². The molecule has 0 aromatic heterocycles. The summed E-state index contributed by atoms with van der Waals surface area (Å²) in [5, 5.41) is 3.51. The van der Waals surface area contributed by atoms with E-state index in [-0.39, 0.29) is 0 Å². The molecule has 1 atom stereocenters. The van der Waals surface area contributed by atoms with Crippen LogP contribution in [0.3, 0.4) is 0 Å². The fraction of sp³-hybridized carbons (Fsp3) is 0.684. The summed E-state index contributed by atoms with van der Waals surface area (Å²) in [7, 11) is 0. The zero-order valence-electron chi connectivity index (χ0n) is 14.1. The van der Waals surface area contributed by atoms with Crippen molar-refractivity contribution in [2.75, 3.05) is 19.6 Å². The molecule has 1 aromatic carbocycles. The standard InChI is InChI=1S/C19H32N2/c1-4-19-6-5-13-21(19)15-18-9-7-17(8-10-18)11-12-20-14-16(2)3/h7-10,16,19-20H,4-6,11-15H2,1-3H3. The molecule has 1 aliphatic rings. The Morgan fingerprint density at radius 2 is 1.90 bits per heavy atom. The zero-order chi connectivity index (χ0) is 15.1. The van der Waals surface area contributed by atoms with Gasteiger partial charge in [0, 0.05) is 12.6 Å². The Hall–Kier alpha value is -0.860. The van der Waals surface area contributed by atoms with E-state index in [1.807, 2.05) is 0 Å². The van der Waals surface area contributed by atoms with Gasteiger partial charge in [-0.3, -0.25) is 4.90 Å². The fourth-order valence-corrected chi connectivity index (χ4v) is 3.23. The highest BCUT2D eigenvalue weighted by Crippen LogP contribution is 2.22. The monoisotopic (exact) mass is 288 g/mol. The number of likely N-dealkylation sites (tertiary alicyclic amines) is 1. The average molecular weight is 288 g/mol. The molecule has 0 saturated carbocycles. The van der Waals surface area contributed by atoms with Crippen molar-refractivity contribution in [3.63, 3.8) is 0 Å². The van der Waals surface area contributed by atoms with Crippen LogP contribution >= 0.6 is 0 Å². The minimum Gasteiger partial charge on any atom is -0.316 e. The number of rotatable bonds is 8. The van der Waals surface area contributed by atoms with Gasteiger partial charge >= 0.3 is 0 Å². The molecule has 1 unspecified atom stereocenters. The Bertz CT molecular complexity index is 397. The van der Waals surface area contributed by atoms with Crippen molar-refractivity contribution in [3.05, 3.63) is 35.4 Å². The molecular formula is C19H32N2. The lowest BCUT2D eigenvalue weighted by atomic mass is 10.1. The third-order valence-corrected chi connectivity index (χ3v) is 4.52. The molecule has 2 nitrogen and oxygen atoms in total. The van der Waals surface area contributed by atoms with Crippen molar-refractivity contribution < 1.29 is 0 Å². The van der Waals surface area contributed by atoms with Crippen LogP contribution in [-0.4, -0.2) is 30.6 Å². The molecule has 0 radical (unpaired) electrons. The summed E-state index contributed by atoms with van der Waals surface area (Å²) in [6.07, 6.45) is 5.18. The SMILES string of the molecule is CCC1CCCN1Cc1ccc(CCNCC(C)C)cc1. The Morgan fingerprint density at radius 1 is 1.19 bits per heavy atom. The van der Waals surface area contributed by atoms with Crippen molar-refractivity contribution in [2.24, 2.45) is 5.92 Å². The smallest absolute Gasteiger partial charge is 0.0236 e. The van der Waals surface area contributed by atoms with Crippen molar-refractivity contribution in [1.82, 2.24) is 10.2 Å². The highest BCUT2D eigenvalue weighted by Gasteiger charge is 2.22. The van der Waals surface area contributed by atoms with E-state index >= 15 is 0 Å². The summed E-state index contributed by atoms with van der Waals surface area (Å²) in [6.45, 7) is 11.4. The number of nitrogens with zero attached hydrogens (tertiary/aromatic N) is 1. The second-order valence-electron chi connectivity index (χ2n) is 6.84. The molecule has 0 spiro atoms. The Labute approximate surface area is 130 Å². The molecule has 1 aliphatic heterocycles. The Morgan fingerprint density at radius 3 is 2.57 bits per heavy atom.